The lowest BCUT2D eigenvalue weighted by Gasteiger charge is -2.26. The van der Waals surface area contributed by atoms with Crippen molar-refractivity contribution in [2.45, 2.75) is 39.2 Å². The molecule has 0 fully saturated rings. The summed E-state index contributed by atoms with van der Waals surface area (Å²) in [6, 6.07) is 3.70. The molecule has 0 radical (unpaired) electrons. The molecule has 1 aromatic carbocycles. The van der Waals surface area contributed by atoms with E-state index >= 15 is 0 Å². The summed E-state index contributed by atoms with van der Waals surface area (Å²) in [5.41, 5.74) is 5.88. The SMILES string of the molecule is Cc1c(/C=C2\C(=O)Nc3ccc(F)cc32)[nH]c2c1CC[C@@H](CNC(=O)[C@H](C)N(C)C(=O)/C=C/CN(C)C)C2. The van der Waals surface area contributed by atoms with E-state index in [0.717, 1.165) is 36.2 Å². The Morgan fingerprint density at radius 1 is 1.26 bits per heavy atom. The van der Waals surface area contributed by atoms with Gasteiger partial charge in [0.2, 0.25) is 11.8 Å². The second kappa shape index (κ2) is 11.3. The number of benzene rings is 1. The van der Waals surface area contributed by atoms with Gasteiger partial charge in [0.15, 0.2) is 0 Å². The van der Waals surface area contributed by atoms with Gasteiger partial charge in [-0.15, -0.1) is 0 Å². The summed E-state index contributed by atoms with van der Waals surface area (Å²) in [5, 5.41) is 5.81. The quantitative estimate of drug-likeness (QED) is 0.465. The minimum absolute atomic E-state index is 0.182. The molecule has 0 spiro atoms. The van der Waals surface area contributed by atoms with Crippen LogP contribution in [0.15, 0.2) is 30.4 Å². The number of amides is 3. The van der Waals surface area contributed by atoms with Gasteiger partial charge in [0, 0.05) is 48.9 Å². The molecular weight excluding hydrogens is 485 g/mol. The third-order valence-corrected chi connectivity index (χ3v) is 7.46. The summed E-state index contributed by atoms with van der Waals surface area (Å²) in [6.07, 6.45) is 7.63. The summed E-state index contributed by atoms with van der Waals surface area (Å²) in [7, 11) is 5.48. The lowest BCUT2D eigenvalue weighted by Crippen LogP contribution is -2.46. The Morgan fingerprint density at radius 2 is 2.03 bits per heavy atom. The molecule has 2 aliphatic rings. The number of likely N-dealkylation sites (N-methyl/N-ethyl adjacent to an activating group) is 2. The van der Waals surface area contributed by atoms with Crippen molar-refractivity contribution in [3.8, 4) is 0 Å². The highest BCUT2D eigenvalue weighted by Crippen LogP contribution is 2.36. The largest absolute Gasteiger partial charge is 0.358 e. The van der Waals surface area contributed by atoms with Crippen molar-refractivity contribution in [2.24, 2.45) is 5.92 Å². The Kier molecular flexibility index (Phi) is 8.16. The Labute approximate surface area is 223 Å². The van der Waals surface area contributed by atoms with Crippen LogP contribution in [0.1, 0.15) is 41.4 Å². The van der Waals surface area contributed by atoms with Crippen LogP contribution in [0.2, 0.25) is 0 Å². The average molecular weight is 522 g/mol. The van der Waals surface area contributed by atoms with Gasteiger partial charge in [-0.05, 0) is 88.5 Å². The summed E-state index contributed by atoms with van der Waals surface area (Å²) < 4.78 is 13.8. The van der Waals surface area contributed by atoms with Gasteiger partial charge < -0.3 is 25.4 Å². The molecule has 3 N–H and O–H groups in total. The topological polar surface area (TPSA) is 97.5 Å². The average Bonchev–Trinajstić information content (AvgIpc) is 3.36. The number of H-pyrrole nitrogens is 1. The number of anilines is 1. The number of rotatable bonds is 8. The van der Waals surface area contributed by atoms with Crippen LogP contribution in [0.4, 0.5) is 10.1 Å². The molecule has 2 heterocycles. The van der Waals surface area contributed by atoms with E-state index in [4.69, 9.17) is 0 Å². The third kappa shape index (κ3) is 5.88. The maximum atomic E-state index is 13.8. The Hall–Kier alpha value is -3.72. The van der Waals surface area contributed by atoms with Crippen molar-refractivity contribution in [1.29, 1.82) is 0 Å². The van der Waals surface area contributed by atoms with E-state index in [1.54, 1.807) is 32.2 Å². The van der Waals surface area contributed by atoms with Gasteiger partial charge in [0.1, 0.15) is 11.9 Å². The number of nitrogens with one attached hydrogen (secondary N) is 3. The van der Waals surface area contributed by atoms with Crippen molar-refractivity contribution in [1.82, 2.24) is 20.1 Å². The Morgan fingerprint density at radius 3 is 2.76 bits per heavy atom. The van der Waals surface area contributed by atoms with Gasteiger partial charge in [-0.2, -0.15) is 0 Å². The van der Waals surface area contributed by atoms with Gasteiger partial charge in [0.05, 0.1) is 5.57 Å². The second-order valence-corrected chi connectivity index (χ2v) is 10.5. The molecular formula is C29H36FN5O3. The monoisotopic (exact) mass is 521 g/mol. The number of aromatic amines is 1. The molecule has 1 aliphatic carbocycles. The highest BCUT2D eigenvalue weighted by molar-refractivity contribution is 6.34. The lowest BCUT2D eigenvalue weighted by atomic mass is 9.86. The molecule has 4 rings (SSSR count). The van der Waals surface area contributed by atoms with Crippen LogP contribution in [-0.2, 0) is 27.2 Å². The summed E-state index contributed by atoms with van der Waals surface area (Å²) in [6.45, 7) is 4.93. The number of hydrogen-bond donors (Lipinski definition) is 3. The first-order valence-electron chi connectivity index (χ1n) is 12.9. The van der Waals surface area contributed by atoms with E-state index in [2.05, 4.69) is 15.6 Å². The van der Waals surface area contributed by atoms with Crippen LogP contribution < -0.4 is 10.6 Å². The standard InChI is InChI=1S/C29H36FN5O3/c1-17-21-10-8-19(16-31-28(37)18(2)35(5)27(36)7-6-12-34(3)4)13-26(21)32-25(17)15-23-22-14-20(30)9-11-24(22)33-29(23)38/h6-7,9,11,14-15,18-19,32H,8,10,12-13,16H2,1-5H3,(H,31,37)(H,33,38)/b7-6+,23-15-/t18-,19+/m0/s1. The molecule has 8 nitrogen and oxygen atoms in total. The molecule has 3 amide bonds. The van der Waals surface area contributed by atoms with E-state index in [9.17, 15) is 18.8 Å². The molecule has 38 heavy (non-hydrogen) atoms. The van der Waals surface area contributed by atoms with Gasteiger partial charge in [-0.3, -0.25) is 14.4 Å². The molecule has 0 bridgehead atoms. The number of hydrogen-bond acceptors (Lipinski definition) is 4. The first-order chi connectivity index (χ1) is 18.0. The molecule has 0 saturated carbocycles. The Balaban J connectivity index is 1.38. The zero-order valence-corrected chi connectivity index (χ0v) is 22.7. The maximum Gasteiger partial charge on any atom is 0.256 e. The van der Waals surface area contributed by atoms with E-state index in [-0.39, 0.29) is 29.5 Å². The second-order valence-electron chi connectivity index (χ2n) is 10.5. The molecule has 2 atom stereocenters. The highest BCUT2D eigenvalue weighted by Gasteiger charge is 2.28. The van der Waals surface area contributed by atoms with Crippen molar-refractivity contribution < 1.29 is 18.8 Å². The van der Waals surface area contributed by atoms with Gasteiger partial charge >= 0.3 is 0 Å². The Bertz CT molecular complexity index is 1310. The first kappa shape index (κ1) is 27.3. The van der Waals surface area contributed by atoms with E-state index in [1.165, 1.54) is 28.7 Å². The number of aromatic nitrogens is 1. The molecule has 0 unspecified atom stereocenters. The van der Waals surface area contributed by atoms with Crippen LogP contribution in [0, 0.1) is 18.7 Å². The van der Waals surface area contributed by atoms with Gasteiger partial charge in [-0.25, -0.2) is 4.39 Å². The van der Waals surface area contributed by atoms with Crippen LogP contribution in [0.5, 0.6) is 0 Å². The van der Waals surface area contributed by atoms with Gasteiger partial charge in [0.25, 0.3) is 5.91 Å². The number of nitrogens with zero attached hydrogens (tertiary/aromatic N) is 2. The van der Waals surface area contributed by atoms with Crippen molar-refractivity contribution in [3.63, 3.8) is 0 Å². The molecule has 0 saturated heterocycles. The highest BCUT2D eigenvalue weighted by atomic mass is 19.1. The fourth-order valence-electron chi connectivity index (χ4n) is 4.98. The zero-order valence-electron chi connectivity index (χ0n) is 22.7. The fourth-order valence-corrected chi connectivity index (χ4v) is 4.98. The number of fused-ring (bicyclic) bond motifs is 2. The minimum atomic E-state index is -0.582. The predicted molar refractivity (Wildman–Crippen MR) is 147 cm³/mol. The van der Waals surface area contributed by atoms with E-state index in [0.29, 0.717) is 29.9 Å². The van der Waals surface area contributed by atoms with Crippen LogP contribution >= 0.6 is 0 Å². The zero-order chi connectivity index (χ0) is 27.6. The van der Waals surface area contributed by atoms with Crippen molar-refractivity contribution in [2.75, 3.05) is 39.5 Å². The van der Waals surface area contributed by atoms with E-state index < -0.39 is 6.04 Å². The molecule has 202 valence electrons. The number of halogens is 1. The molecule has 9 heteroatoms. The fraction of sp³-hybridized carbons (Fsp3) is 0.414. The lowest BCUT2D eigenvalue weighted by molar-refractivity contribution is -0.135. The van der Waals surface area contributed by atoms with Crippen LogP contribution in [-0.4, -0.2) is 72.8 Å². The minimum Gasteiger partial charge on any atom is -0.358 e. The van der Waals surface area contributed by atoms with Crippen LogP contribution in [0.25, 0.3) is 11.6 Å². The number of carbonyl (C=O) groups excluding carboxylic acids is 3. The number of carbonyl (C=O) groups is 3. The summed E-state index contributed by atoms with van der Waals surface area (Å²) in [5.74, 6) is -0.767. The van der Waals surface area contributed by atoms with Crippen molar-refractivity contribution in [3.05, 3.63) is 64.2 Å². The summed E-state index contributed by atoms with van der Waals surface area (Å²) in [4.78, 5) is 44.5. The summed E-state index contributed by atoms with van der Waals surface area (Å²) >= 11 is 0. The van der Waals surface area contributed by atoms with Gasteiger partial charge in [-0.1, -0.05) is 6.08 Å². The molecule has 1 aromatic heterocycles. The third-order valence-electron chi connectivity index (χ3n) is 7.46. The van der Waals surface area contributed by atoms with Crippen LogP contribution in [0.3, 0.4) is 0 Å². The smallest absolute Gasteiger partial charge is 0.256 e. The molecule has 1 aliphatic heterocycles. The molecule has 2 aromatic rings. The normalized spacial score (nSPS) is 18.4. The predicted octanol–water partition coefficient (Wildman–Crippen LogP) is 3.14. The first-order valence-corrected chi connectivity index (χ1v) is 12.9. The van der Waals surface area contributed by atoms with E-state index in [1.807, 2.05) is 25.9 Å². The van der Waals surface area contributed by atoms with Crippen molar-refractivity contribution >= 4 is 35.1 Å². The maximum absolute atomic E-state index is 13.8.